The Morgan fingerprint density at radius 3 is 3.04 bits per heavy atom. The molecule has 0 fully saturated rings. The van der Waals surface area contributed by atoms with Crippen molar-refractivity contribution in [2.75, 3.05) is 0 Å². The van der Waals surface area contributed by atoms with E-state index in [0.29, 0.717) is 17.2 Å². The summed E-state index contributed by atoms with van der Waals surface area (Å²) in [5.41, 5.74) is 2.61. The van der Waals surface area contributed by atoms with Gasteiger partial charge in [-0.05, 0) is 48.9 Å². The average Bonchev–Trinajstić information content (AvgIpc) is 3.23. The Bertz CT molecular complexity index is 1010. The van der Waals surface area contributed by atoms with E-state index in [1.165, 1.54) is 0 Å². The van der Waals surface area contributed by atoms with Gasteiger partial charge in [-0.3, -0.25) is 9.59 Å². The number of hydrogen-bond acceptors (Lipinski definition) is 5. The fraction of sp³-hybridized carbons (Fsp3) is 0.333. The van der Waals surface area contributed by atoms with Crippen molar-refractivity contribution in [2.24, 2.45) is 13.0 Å². The van der Waals surface area contributed by atoms with E-state index in [2.05, 4.69) is 22.0 Å². The lowest BCUT2D eigenvalue weighted by atomic mass is 9.87. The second-order valence-electron chi connectivity index (χ2n) is 6.62. The maximum atomic E-state index is 12.4. The van der Waals surface area contributed by atoms with Crippen LogP contribution in [0.2, 0.25) is 0 Å². The predicted octanol–water partition coefficient (Wildman–Crippen LogP) is 2.12. The van der Waals surface area contributed by atoms with Crippen molar-refractivity contribution < 1.29 is 9.32 Å². The molecule has 25 heavy (non-hydrogen) atoms. The fourth-order valence-corrected chi connectivity index (χ4v) is 3.28. The number of pyridine rings is 1. The number of carbonyl (C=O) groups excluding carboxylic acids is 1. The van der Waals surface area contributed by atoms with Crippen LogP contribution in [-0.4, -0.2) is 25.5 Å². The van der Waals surface area contributed by atoms with Crippen LogP contribution >= 0.6 is 0 Å². The van der Waals surface area contributed by atoms with E-state index in [1.807, 2.05) is 6.07 Å². The number of aryl methyl sites for hydroxylation is 2. The van der Waals surface area contributed by atoms with Crippen molar-refractivity contribution >= 4 is 5.78 Å². The van der Waals surface area contributed by atoms with Crippen LogP contribution < -0.4 is 5.56 Å². The number of aromatic nitrogens is 4. The Labute approximate surface area is 143 Å². The van der Waals surface area contributed by atoms with Crippen LogP contribution in [0.3, 0.4) is 0 Å². The SMILES string of the molecule is CC1CCc2[nH]c(=O)c(-c3noc(C(=O)c4cccn4C)n3)cc2C1. The number of nitrogens with one attached hydrogen (secondary N) is 1. The lowest BCUT2D eigenvalue weighted by molar-refractivity contribution is 0.0986. The molecule has 1 atom stereocenters. The molecule has 7 nitrogen and oxygen atoms in total. The molecule has 4 rings (SSSR count). The molecule has 0 amide bonds. The van der Waals surface area contributed by atoms with Gasteiger partial charge in [-0.2, -0.15) is 4.98 Å². The second kappa shape index (κ2) is 5.84. The Kier molecular flexibility index (Phi) is 3.63. The quantitative estimate of drug-likeness (QED) is 0.738. The lowest BCUT2D eigenvalue weighted by Gasteiger charge is -2.21. The third-order valence-corrected chi connectivity index (χ3v) is 4.71. The van der Waals surface area contributed by atoms with Crippen molar-refractivity contribution in [3.63, 3.8) is 0 Å². The molecule has 0 saturated carbocycles. The molecule has 1 unspecified atom stereocenters. The minimum Gasteiger partial charge on any atom is -0.348 e. The summed E-state index contributed by atoms with van der Waals surface area (Å²) in [6.45, 7) is 2.19. The van der Waals surface area contributed by atoms with Crippen molar-refractivity contribution in [3.8, 4) is 11.4 Å². The number of H-pyrrole nitrogens is 1. The molecule has 0 aliphatic heterocycles. The molecule has 1 N–H and O–H groups in total. The highest BCUT2D eigenvalue weighted by Gasteiger charge is 2.23. The van der Waals surface area contributed by atoms with Gasteiger partial charge in [0.2, 0.25) is 5.82 Å². The van der Waals surface area contributed by atoms with Crippen molar-refractivity contribution in [1.82, 2.24) is 19.7 Å². The molecule has 0 radical (unpaired) electrons. The zero-order valence-corrected chi connectivity index (χ0v) is 14.1. The zero-order valence-electron chi connectivity index (χ0n) is 14.1. The van der Waals surface area contributed by atoms with Crippen LogP contribution in [0.5, 0.6) is 0 Å². The standard InChI is InChI=1S/C18H18N4O3/c1-10-5-6-13-11(8-10)9-12(17(24)19-13)16-20-18(25-21-16)15(23)14-4-3-7-22(14)2/h3-4,7,9-10H,5-6,8H2,1-2H3,(H,19,24). The number of nitrogens with zero attached hydrogens (tertiary/aromatic N) is 3. The summed E-state index contributed by atoms with van der Waals surface area (Å²) < 4.78 is 6.78. The molecule has 1 aliphatic rings. The summed E-state index contributed by atoms with van der Waals surface area (Å²) in [6, 6.07) is 5.27. The van der Waals surface area contributed by atoms with Crippen molar-refractivity contribution in [3.05, 3.63) is 57.6 Å². The minimum absolute atomic E-state index is 0.123. The van der Waals surface area contributed by atoms with E-state index in [0.717, 1.165) is 30.5 Å². The van der Waals surface area contributed by atoms with Crippen LogP contribution in [0.25, 0.3) is 11.4 Å². The van der Waals surface area contributed by atoms with Gasteiger partial charge in [0.15, 0.2) is 0 Å². The molecule has 3 heterocycles. The molecule has 0 saturated heterocycles. The first kappa shape index (κ1) is 15.6. The van der Waals surface area contributed by atoms with E-state index in [9.17, 15) is 9.59 Å². The van der Waals surface area contributed by atoms with Gasteiger partial charge >= 0.3 is 5.89 Å². The summed E-state index contributed by atoms with van der Waals surface area (Å²) in [4.78, 5) is 31.9. The number of aromatic amines is 1. The molecule has 0 bridgehead atoms. The number of ketones is 1. The molecule has 7 heteroatoms. The van der Waals surface area contributed by atoms with Gasteiger partial charge in [0, 0.05) is 18.9 Å². The van der Waals surface area contributed by atoms with Gasteiger partial charge in [-0.1, -0.05) is 12.1 Å². The van der Waals surface area contributed by atoms with E-state index in [1.54, 1.807) is 29.9 Å². The highest BCUT2D eigenvalue weighted by molar-refractivity contribution is 6.04. The van der Waals surface area contributed by atoms with Gasteiger partial charge < -0.3 is 14.1 Å². The molecule has 0 aromatic carbocycles. The first-order chi connectivity index (χ1) is 12.0. The van der Waals surface area contributed by atoms with Crippen LogP contribution in [0, 0.1) is 5.92 Å². The number of carbonyl (C=O) groups is 1. The predicted molar refractivity (Wildman–Crippen MR) is 90.4 cm³/mol. The third-order valence-electron chi connectivity index (χ3n) is 4.71. The first-order valence-electron chi connectivity index (χ1n) is 8.28. The zero-order chi connectivity index (χ0) is 17.6. The number of fused-ring (bicyclic) bond motifs is 1. The second-order valence-corrected chi connectivity index (χ2v) is 6.62. The summed E-state index contributed by atoms with van der Waals surface area (Å²) in [7, 11) is 1.76. The number of rotatable bonds is 3. The Balaban J connectivity index is 1.71. The Morgan fingerprint density at radius 2 is 2.28 bits per heavy atom. The topological polar surface area (TPSA) is 93.8 Å². The smallest absolute Gasteiger partial charge is 0.300 e. The summed E-state index contributed by atoms with van der Waals surface area (Å²) in [5.74, 6) is 0.224. The summed E-state index contributed by atoms with van der Waals surface area (Å²) in [5, 5.41) is 3.84. The molecule has 3 aromatic heterocycles. The van der Waals surface area contributed by atoms with Gasteiger partial charge in [0.1, 0.15) is 0 Å². The maximum absolute atomic E-state index is 12.4. The molecule has 1 aliphatic carbocycles. The minimum atomic E-state index is -0.366. The van der Waals surface area contributed by atoms with Crippen LogP contribution in [0.15, 0.2) is 33.7 Å². The normalized spacial score (nSPS) is 16.6. The van der Waals surface area contributed by atoms with Gasteiger partial charge in [0.25, 0.3) is 11.3 Å². The Hall–Kier alpha value is -2.96. The Morgan fingerprint density at radius 1 is 1.44 bits per heavy atom. The first-order valence-corrected chi connectivity index (χ1v) is 8.28. The van der Waals surface area contributed by atoms with Crippen LogP contribution in [-0.2, 0) is 19.9 Å². The van der Waals surface area contributed by atoms with Crippen LogP contribution in [0.1, 0.15) is 41.0 Å². The summed E-state index contributed by atoms with van der Waals surface area (Å²) >= 11 is 0. The third kappa shape index (κ3) is 2.71. The summed E-state index contributed by atoms with van der Waals surface area (Å²) in [6.07, 6.45) is 4.61. The molecule has 3 aromatic rings. The van der Waals surface area contributed by atoms with E-state index < -0.39 is 0 Å². The van der Waals surface area contributed by atoms with Crippen molar-refractivity contribution in [1.29, 1.82) is 0 Å². The highest BCUT2D eigenvalue weighted by atomic mass is 16.5. The van der Waals surface area contributed by atoms with Crippen LogP contribution in [0.4, 0.5) is 0 Å². The lowest BCUT2D eigenvalue weighted by Crippen LogP contribution is -2.20. The fourth-order valence-electron chi connectivity index (χ4n) is 3.28. The van der Waals surface area contributed by atoms with Crippen molar-refractivity contribution in [2.45, 2.75) is 26.2 Å². The van der Waals surface area contributed by atoms with E-state index >= 15 is 0 Å². The average molecular weight is 338 g/mol. The maximum Gasteiger partial charge on any atom is 0.300 e. The van der Waals surface area contributed by atoms with E-state index in [4.69, 9.17) is 4.52 Å². The number of hydrogen-bond donors (Lipinski definition) is 1. The largest absolute Gasteiger partial charge is 0.348 e. The highest BCUT2D eigenvalue weighted by Crippen LogP contribution is 2.25. The van der Waals surface area contributed by atoms with Gasteiger partial charge in [-0.15, -0.1) is 0 Å². The monoisotopic (exact) mass is 338 g/mol. The van der Waals surface area contributed by atoms with Gasteiger partial charge in [-0.25, -0.2) is 0 Å². The molecular weight excluding hydrogens is 320 g/mol. The van der Waals surface area contributed by atoms with E-state index in [-0.39, 0.29) is 23.1 Å². The molecular formula is C18H18N4O3. The molecule has 128 valence electrons. The van der Waals surface area contributed by atoms with Gasteiger partial charge in [0.05, 0.1) is 11.3 Å². The molecule has 0 spiro atoms.